The van der Waals surface area contributed by atoms with Gasteiger partial charge in [0, 0.05) is 5.56 Å². The van der Waals surface area contributed by atoms with E-state index in [1.54, 1.807) is 0 Å². The number of hydrogen-bond donors (Lipinski definition) is 0. The van der Waals surface area contributed by atoms with E-state index >= 15 is 0 Å². The van der Waals surface area contributed by atoms with Gasteiger partial charge in [0.1, 0.15) is 12.3 Å². The Bertz CT molecular complexity index is 237. The summed E-state index contributed by atoms with van der Waals surface area (Å²) >= 11 is 0. The minimum absolute atomic E-state index is 0. The maximum absolute atomic E-state index is 5.20. The second kappa shape index (κ2) is 4.28. The van der Waals surface area contributed by atoms with E-state index in [1.165, 1.54) is 5.56 Å². The predicted octanol–water partition coefficient (Wildman–Crippen LogP) is -1.20. The summed E-state index contributed by atoms with van der Waals surface area (Å²) in [4.78, 5) is 0. The van der Waals surface area contributed by atoms with Crippen molar-refractivity contribution in [3.05, 3.63) is 23.7 Å². The number of halogens is 1. The summed E-state index contributed by atoms with van der Waals surface area (Å²) in [5.41, 5.74) is 1.27. The van der Waals surface area contributed by atoms with Crippen molar-refractivity contribution in [2.75, 3.05) is 21.1 Å². The molecular weight excluding hydrogens is 265 g/mol. The Kier molecular flexibility index (Phi) is 4.26. The van der Waals surface area contributed by atoms with Crippen molar-refractivity contribution < 1.29 is 32.9 Å². The minimum atomic E-state index is 0. The standard InChI is InChI=1S/C9H16NO.HI/c1-8-5-9(7-11-8)6-10(2,3)4;/h5,7H,6H2,1-4H3;1H/q+1;/p-1. The van der Waals surface area contributed by atoms with E-state index in [0.29, 0.717) is 0 Å². The molecule has 3 heteroatoms. The van der Waals surface area contributed by atoms with Crippen LogP contribution in [-0.4, -0.2) is 25.6 Å². The van der Waals surface area contributed by atoms with E-state index in [9.17, 15) is 0 Å². The smallest absolute Gasteiger partial charge is 0.107 e. The average Bonchev–Trinajstić information content (AvgIpc) is 2.10. The lowest BCUT2D eigenvalue weighted by Crippen LogP contribution is -3.00. The normalized spacial score (nSPS) is 11.0. The lowest BCUT2D eigenvalue weighted by atomic mass is 10.3. The maximum Gasteiger partial charge on any atom is 0.107 e. The van der Waals surface area contributed by atoms with Gasteiger partial charge in [0.25, 0.3) is 0 Å². The quantitative estimate of drug-likeness (QED) is 0.490. The average molecular weight is 281 g/mol. The van der Waals surface area contributed by atoms with Crippen molar-refractivity contribution in [2.45, 2.75) is 13.5 Å². The molecule has 0 radical (unpaired) electrons. The Labute approximate surface area is 91.2 Å². The molecule has 0 saturated carbocycles. The van der Waals surface area contributed by atoms with Gasteiger partial charge in [0.05, 0.1) is 27.4 Å². The van der Waals surface area contributed by atoms with Crippen LogP contribution in [0.2, 0.25) is 0 Å². The highest BCUT2D eigenvalue weighted by molar-refractivity contribution is 5.10. The van der Waals surface area contributed by atoms with Crippen LogP contribution in [0.5, 0.6) is 0 Å². The Morgan fingerprint density at radius 3 is 2.25 bits per heavy atom. The van der Waals surface area contributed by atoms with Crippen LogP contribution in [0.1, 0.15) is 11.3 Å². The van der Waals surface area contributed by atoms with Gasteiger partial charge in [-0.05, 0) is 13.0 Å². The van der Waals surface area contributed by atoms with E-state index in [0.717, 1.165) is 16.8 Å². The highest BCUT2D eigenvalue weighted by atomic mass is 127. The first-order valence-electron chi connectivity index (χ1n) is 3.82. The molecule has 1 heterocycles. The van der Waals surface area contributed by atoms with Gasteiger partial charge in [-0.1, -0.05) is 0 Å². The van der Waals surface area contributed by atoms with Gasteiger partial charge in [-0.15, -0.1) is 0 Å². The summed E-state index contributed by atoms with van der Waals surface area (Å²) in [6, 6.07) is 2.09. The summed E-state index contributed by atoms with van der Waals surface area (Å²) in [5.74, 6) is 0.994. The van der Waals surface area contributed by atoms with Crippen LogP contribution in [0.15, 0.2) is 16.7 Å². The molecule has 0 aliphatic carbocycles. The predicted molar refractivity (Wildman–Crippen MR) is 45.2 cm³/mol. The van der Waals surface area contributed by atoms with Gasteiger partial charge in [0.15, 0.2) is 0 Å². The fourth-order valence-corrected chi connectivity index (χ4v) is 1.13. The molecule has 2 nitrogen and oxygen atoms in total. The SMILES string of the molecule is Cc1cc(C[N+](C)(C)C)co1.[I-]. The summed E-state index contributed by atoms with van der Waals surface area (Å²) in [7, 11) is 6.51. The highest BCUT2D eigenvalue weighted by Gasteiger charge is 2.09. The molecule has 70 valence electrons. The molecule has 0 saturated heterocycles. The van der Waals surface area contributed by atoms with Gasteiger partial charge in [0.2, 0.25) is 0 Å². The number of quaternary nitrogens is 1. The molecule has 0 atom stereocenters. The second-order valence-electron chi connectivity index (χ2n) is 4.01. The van der Waals surface area contributed by atoms with Gasteiger partial charge in [-0.3, -0.25) is 0 Å². The van der Waals surface area contributed by atoms with Crippen molar-refractivity contribution in [3.8, 4) is 0 Å². The third kappa shape index (κ3) is 4.11. The van der Waals surface area contributed by atoms with Crippen LogP contribution in [-0.2, 0) is 6.54 Å². The Hall–Kier alpha value is -0.0300. The number of hydrogen-bond acceptors (Lipinski definition) is 1. The van der Waals surface area contributed by atoms with Crippen LogP contribution in [0.25, 0.3) is 0 Å². The first kappa shape index (κ1) is 12.0. The van der Waals surface area contributed by atoms with Gasteiger partial charge in [-0.2, -0.15) is 0 Å². The summed E-state index contributed by atoms with van der Waals surface area (Å²) in [5, 5.41) is 0. The largest absolute Gasteiger partial charge is 1.00 e. The topological polar surface area (TPSA) is 13.1 Å². The van der Waals surface area contributed by atoms with Gasteiger partial charge >= 0.3 is 0 Å². The number of aryl methyl sites for hydroxylation is 1. The van der Waals surface area contributed by atoms with Crippen LogP contribution in [0.3, 0.4) is 0 Å². The van der Waals surface area contributed by atoms with Gasteiger partial charge < -0.3 is 32.9 Å². The van der Waals surface area contributed by atoms with Crippen LogP contribution >= 0.6 is 0 Å². The first-order chi connectivity index (χ1) is 4.97. The first-order valence-corrected chi connectivity index (χ1v) is 3.82. The Morgan fingerprint density at radius 1 is 1.33 bits per heavy atom. The van der Waals surface area contributed by atoms with Crippen molar-refractivity contribution >= 4 is 0 Å². The summed E-state index contributed by atoms with van der Waals surface area (Å²) in [6.45, 7) is 3.00. The molecule has 0 aliphatic heterocycles. The molecule has 1 aromatic heterocycles. The molecule has 12 heavy (non-hydrogen) atoms. The zero-order valence-electron chi connectivity index (χ0n) is 8.10. The Balaban J connectivity index is 0.00000121. The van der Waals surface area contributed by atoms with Crippen molar-refractivity contribution in [3.63, 3.8) is 0 Å². The van der Waals surface area contributed by atoms with Crippen LogP contribution in [0, 0.1) is 6.92 Å². The van der Waals surface area contributed by atoms with E-state index in [4.69, 9.17) is 4.42 Å². The van der Waals surface area contributed by atoms with E-state index < -0.39 is 0 Å². The molecule has 0 unspecified atom stereocenters. The van der Waals surface area contributed by atoms with Crippen molar-refractivity contribution in [1.82, 2.24) is 0 Å². The lowest BCUT2D eigenvalue weighted by molar-refractivity contribution is -0.884. The fourth-order valence-electron chi connectivity index (χ4n) is 1.13. The zero-order valence-corrected chi connectivity index (χ0v) is 10.3. The van der Waals surface area contributed by atoms with Crippen molar-refractivity contribution in [1.29, 1.82) is 0 Å². The molecule has 0 bridgehead atoms. The van der Waals surface area contributed by atoms with E-state index in [2.05, 4.69) is 27.2 Å². The molecule has 0 amide bonds. The molecule has 0 aliphatic rings. The monoisotopic (exact) mass is 281 g/mol. The Morgan fingerprint density at radius 2 is 1.92 bits per heavy atom. The fraction of sp³-hybridized carbons (Fsp3) is 0.556. The number of furan rings is 1. The molecule has 1 aromatic rings. The van der Waals surface area contributed by atoms with E-state index in [-0.39, 0.29) is 24.0 Å². The number of nitrogens with zero attached hydrogens (tertiary/aromatic N) is 1. The lowest BCUT2D eigenvalue weighted by Gasteiger charge is -2.22. The molecule has 1 rings (SSSR count). The van der Waals surface area contributed by atoms with Crippen LogP contribution in [0.4, 0.5) is 0 Å². The molecule has 0 aromatic carbocycles. The molecular formula is C9H16INO. The second-order valence-corrected chi connectivity index (χ2v) is 4.01. The molecule has 0 fully saturated rings. The van der Waals surface area contributed by atoms with E-state index in [1.807, 2.05) is 13.2 Å². The maximum atomic E-state index is 5.20. The third-order valence-electron chi connectivity index (χ3n) is 1.44. The summed E-state index contributed by atoms with van der Waals surface area (Å²) < 4.78 is 6.14. The summed E-state index contributed by atoms with van der Waals surface area (Å²) in [6.07, 6.45) is 1.83. The zero-order chi connectivity index (χ0) is 8.48. The highest BCUT2D eigenvalue weighted by Crippen LogP contribution is 2.10. The minimum Gasteiger partial charge on any atom is -1.00 e. The number of rotatable bonds is 2. The van der Waals surface area contributed by atoms with Crippen LogP contribution < -0.4 is 24.0 Å². The van der Waals surface area contributed by atoms with Gasteiger partial charge in [-0.25, -0.2) is 0 Å². The van der Waals surface area contributed by atoms with Crippen molar-refractivity contribution in [2.24, 2.45) is 0 Å². The molecule has 0 spiro atoms. The third-order valence-corrected chi connectivity index (χ3v) is 1.44. The molecule has 0 N–H and O–H groups in total.